The van der Waals surface area contributed by atoms with E-state index in [0.29, 0.717) is 12.1 Å². The highest BCUT2D eigenvalue weighted by Crippen LogP contribution is 2.14. The molecule has 3 aromatic rings. The Morgan fingerprint density at radius 3 is 2.80 bits per heavy atom. The van der Waals surface area contributed by atoms with Gasteiger partial charge >= 0.3 is 5.97 Å². The highest BCUT2D eigenvalue weighted by atomic mass is 16.4. The van der Waals surface area contributed by atoms with Gasteiger partial charge in [0.25, 0.3) is 0 Å². The maximum absolute atomic E-state index is 10.5. The Labute approximate surface area is 113 Å². The van der Waals surface area contributed by atoms with E-state index in [1.165, 1.54) is 0 Å². The van der Waals surface area contributed by atoms with Gasteiger partial charge in [-0.25, -0.2) is 4.68 Å². The van der Waals surface area contributed by atoms with Crippen LogP contribution in [0.2, 0.25) is 0 Å². The molecule has 0 saturated carbocycles. The average molecular weight is 269 g/mol. The second-order valence-corrected chi connectivity index (χ2v) is 4.28. The monoisotopic (exact) mass is 269 g/mol. The zero-order valence-electron chi connectivity index (χ0n) is 10.5. The summed E-state index contributed by atoms with van der Waals surface area (Å²) in [5.74, 6) is -0.847. The molecule has 1 N–H and O–H groups in total. The second-order valence-electron chi connectivity index (χ2n) is 4.28. The SMILES string of the molecule is O=C(O)CCc1cn(-c2ccc3nccnc3c2)nn1. The van der Waals surface area contributed by atoms with Gasteiger partial charge in [-0.05, 0) is 18.2 Å². The molecular weight excluding hydrogens is 258 g/mol. The lowest BCUT2D eigenvalue weighted by atomic mass is 10.2. The van der Waals surface area contributed by atoms with E-state index in [9.17, 15) is 4.79 Å². The van der Waals surface area contributed by atoms with Crippen LogP contribution in [0.5, 0.6) is 0 Å². The van der Waals surface area contributed by atoms with Gasteiger partial charge in [0.15, 0.2) is 0 Å². The van der Waals surface area contributed by atoms with Gasteiger partial charge in [-0.2, -0.15) is 0 Å². The first-order chi connectivity index (χ1) is 9.72. The van der Waals surface area contributed by atoms with Crippen LogP contribution in [0.15, 0.2) is 36.8 Å². The minimum atomic E-state index is -0.847. The molecule has 1 aromatic carbocycles. The van der Waals surface area contributed by atoms with Crippen molar-refractivity contribution in [2.24, 2.45) is 0 Å². The van der Waals surface area contributed by atoms with Crippen molar-refractivity contribution in [1.29, 1.82) is 0 Å². The molecule has 2 heterocycles. The fourth-order valence-electron chi connectivity index (χ4n) is 1.87. The van der Waals surface area contributed by atoms with Crippen LogP contribution in [0.3, 0.4) is 0 Å². The second kappa shape index (κ2) is 5.04. The molecule has 20 heavy (non-hydrogen) atoms. The Kier molecular flexibility index (Phi) is 3.08. The number of carbonyl (C=O) groups is 1. The lowest BCUT2D eigenvalue weighted by Gasteiger charge is -2.01. The van der Waals surface area contributed by atoms with Crippen LogP contribution in [0, 0.1) is 0 Å². The zero-order chi connectivity index (χ0) is 13.9. The number of rotatable bonds is 4. The average Bonchev–Trinajstić information content (AvgIpc) is 2.93. The fourth-order valence-corrected chi connectivity index (χ4v) is 1.87. The van der Waals surface area contributed by atoms with E-state index in [1.54, 1.807) is 23.3 Å². The highest BCUT2D eigenvalue weighted by molar-refractivity contribution is 5.76. The minimum absolute atomic E-state index is 0.0435. The third-order valence-electron chi connectivity index (χ3n) is 2.85. The van der Waals surface area contributed by atoms with Gasteiger partial charge in [0.1, 0.15) is 0 Å². The first-order valence-electron chi connectivity index (χ1n) is 6.06. The number of fused-ring (bicyclic) bond motifs is 1. The Bertz CT molecular complexity index is 768. The Morgan fingerprint density at radius 1 is 1.20 bits per heavy atom. The molecule has 0 aliphatic carbocycles. The number of nitrogens with zero attached hydrogens (tertiary/aromatic N) is 5. The van der Waals surface area contributed by atoms with Crippen LogP contribution in [0.4, 0.5) is 0 Å². The van der Waals surface area contributed by atoms with Crippen molar-refractivity contribution in [2.45, 2.75) is 12.8 Å². The van der Waals surface area contributed by atoms with Gasteiger partial charge in [0, 0.05) is 18.8 Å². The first-order valence-corrected chi connectivity index (χ1v) is 6.06. The molecule has 3 rings (SSSR count). The summed E-state index contributed by atoms with van der Waals surface area (Å²) in [4.78, 5) is 19.0. The van der Waals surface area contributed by atoms with Gasteiger partial charge in [-0.15, -0.1) is 5.10 Å². The van der Waals surface area contributed by atoms with Crippen molar-refractivity contribution in [2.75, 3.05) is 0 Å². The largest absolute Gasteiger partial charge is 0.481 e. The van der Waals surface area contributed by atoms with Crippen molar-refractivity contribution in [1.82, 2.24) is 25.0 Å². The zero-order valence-corrected chi connectivity index (χ0v) is 10.5. The van der Waals surface area contributed by atoms with E-state index in [0.717, 1.165) is 16.7 Å². The molecule has 7 heteroatoms. The lowest BCUT2D eigenvalue weighted by Crippen LogP contribution is -1.97. The molecule has 0 atom stereocenters. The molecule has 7 nitrogen and oxygen atoms in total. The minimum Gasteiger partial charge on any atom is -0.481 e. The summed E-state index contributed by atoms with van der Waals surface area (Å²) in [5, 5.41) is 16.6. The molecule has 0 aliphatic rings. The molecule has 0 fully saturated rings. The van der Waals surface area contributed by atoms with Gasteiger partial charge in [-0.1, -0.05) is 5.21 Å². The highest BCUT2D eigenvalue weighted by Gasteiger charge is 2.06. The number of carboxylic acid groups (broad SMARTS) is 1. The van der Waals surface area contributed by atoms with E-state index in [-0.39, 0.29) is 6.42 Å². The molecule has 2 aromatic heterocycles. The van der Waals surface area contributed by atoms with Crippen LogP contribution in [-0.4, -0.2) is 36.0 Å². The van der Waals surface area contributed by atoms with Crippen LogP contribution in [0.25, 0.3) is 16.7 Å². The van der Waals surface area contributed by atoms with Gasteiger partial charge in [0.2, 0.25) is 0 Å². The summed E-state index contributed by atoms with van der Waals surface area (Å²) in [6, 6.07) is 5.58. The molecule has 0 amide bonds. The summed E-state index contributed by atoms with van der Waals surface area (Å²) < 4.78 is 1.60. The number of aromatic nitrogens is 5. The van der Waals surface area contributed by atoms with E-state index < -0.39 is 5.97 Å². The van der Waals surface area contributed by atoms with Crippen LogP contribution in [0.1, 0.15) is 12.1 Å². The Balaban J connectivity index is 1.89. The number of hydrogen-bond donors (Lipinski definition) is 1. The molecule has 0 radical (unpaired) electrons. The Morgan fingerprint density at radius 2 is 2.00 bits per heavy atom. The van der Waals surface area contributed by atoms with Crippen molar-refractivity contribution >= 4 is 17.0 Å². The topological polar surface area (TPSA) is 93.8 Å². The first kappa shape index (κ1) is 12.2. The maximum Gasteiger partial charge on any atom is 0.303 e. The third kappa shape index (κ3) is 2.46. The van der Waals surface area contributed by atoms with Crippen molar-refractivity contribution in [3.8, 4) is 5.69 Å². The third-order valence-corrected chi connectivity index (χ3v) is 2.85. The normalized spacial score (nSPS) is 10.8. The molecule has 0 aliphatic heterocycles. The predicted molar refractivity (Wildman–Crippen MR) is 70.4 cm³/mol. The predicted octanol–water partition coefficient (Wildman–Crippen LogP) is 1.23. The number of hydrogen-bond acceptors (Lipinski definition) is 5. The number of aryl methyl sites for hydroxylation is 1. The number of aliphatic carboxylic acids is 1. The van der Waals surface area contributed by atoms with E-state index >= 15 is 0 Å². The summed E-state index contributed by atoms with van der Waals surface area (Å²) in [7, 11) is 0. The summed E-state index contributed by atoms with van der Waals surface area (Å²) in [6.45, 7) is 0. The van der Waals surface area contributed by atoms with Gasteiger partial charge in [0.05, 0.1) is 35.0 Å². The van der Waals surface area contributed by atoms with Crippen molar-refractivity contribution < 1.29 is 9.90 Å². The maximum atomic E-state index is 10.5. The van der Waals surface area contributed by atoms with Crippen molar-refractivity contribution in [3.05, 3.63) is 42.5 Å². The molecule has 0 bridgehead atoms. The van der Waals surface area contributed by atoms with Crippen LogP contribution >= 0.6 is 0 Å². The molecular formula is C13H11N5O2. The van der Waals surface area contributed by atoms with E-state index in [1.807, 2.05) is 18.2 Å². The quantitative estimate of drug-likeness (QED) is 0.765. The van der Waals surface area contributed by atoms with Gasteiger partial charge < -0.3 is 5.11 Å². The fraction of sp³-hybridized carbons (Fsp3) is 0.154. The summed E-state index contributed by atoms with van der Waals surface area (Å²) >= 11 is 0. The number of carboxylic acids is 1. The smallest absolute Gasteiger partial charge is 0.303 e. The standard InChI is InChI=1S/C13H11N5O2/c19-13(20)4-1-9-8-18(17-16-9)10-2-3-11-12(7-10)15-6-5-14-11/h2-3,5-8H,1,4H2,(H,19,20). The molecule has 0 saturated heterocycles. The van der Waals surface area contributed by atoms with E-state index in [2.05, 4.69) is 20.3 Å². The van der Waals surface area contributed by atoms with Gasteiger partial charge in [-0.3, -0.25) is 14.8 Å². The Hall–Kier alpha value is -2.83. The summed E-state index contributed by atoms with van der Waals surface area (Å²) in [6.07, 6.45) is 5.40. The lowest BCUT2D eigenvalue weighted by molar-refractivity contribution is -0.136. The van der Waals surface area contributed by atoms with Crippen LogP contribution in [-0.2, 0) is 11.2 Å². The van der Waals surface area contributed by atoms with Crippen molar-refractivity contribution in [3.63, 3.8) is 0 Å². The molecule has 100 valence electrons. The molecule has 0 unspecified atom stereocenters. The van der Waals surface area contributed by atoms with Crippen LogP contribution < -0.4 is 0 Å². The summed E-state index contributed by atoms with van der Waals surface area (Å²) in [5.41, 5.74) is 3.04. The number of benzene rings is 1. The molecule has 0 spiro atoms. The van der Waals surface area contributed by atoms with E-state index in [4.69, 9.17) is 5.11 Å².